The number of hydrogen-bond donors (Lipinski definition) is 12. The average molecular weight is 646 g/mol. The third-order valence-electron chi connectivity index (χ3n) is 8.48. The molecule has 0 aromatic heterocycles. The molecule has 0 amide bonds. The molecule has 0 aliphatic carbocycles. The fourth-order valence-electron chi connectivity index (χ4n) is 5.50. The van der Waals surface area contributed by atoms with Gasteiger partial charge in [-0.05, 0) is 19.3 Å². The van der Waals surface area contributed by atoms with Crippen LogP contribution in [0.1, 0.15) is 32.6 Å². The van der Waals surface area contributed by atoms with Crippen molar-refractivity contribution in [1.29, 1.82) is 0 Å². The Labute approximate surface area is 253 Å². The highest BCUT2D eigenvalue weighted by Crippen LogP contribution is 2.28. The van der Waals surface area contributed by atoms with Crippen molar-refractivity contribution < 1.29 is 85.0 Å². The first-order valence-corrected chi connectivity index (χ1v) is 14.7. The molecule has 12 N–H and O–H groups in total. The molecule has 18 heteroatoms. The molecule has 3 heterocycles. The zero-order chi connectivity index (χ0) is 32.9. The second kappa shape index (κ2) is 16.2. The molecule has 0 saturated carbocycles. The molecule has 0 aromatic carbocycles. The van der Waals surface area contributed by atoms with Crippen molar-refractivity contribution in [2.24, 2.45) is 0 Å². The highest BCUT2D eigenvalue weighted by atomic mass is 16.7. The van der Waals surface area contributed by atoms with Crippen LogP contribution >= 0.6 is 0 Å². The minimum Gasteiger partial charge on any atom is -0.394 e. The number of Topliss-reactive ketones (excluding diaryl/α,β-unsaturated/α-hetero) is 1. The van der Waals surface area contributed by atoms with E-state index in [-0.39, 0.29) is 6.42 Å². The van der Waals surface area contributed by atoms with Crippen molar-refractivity contribution >= 4 is 5.78 Å². The van der Waals surface area contributed by atoms with E-state index in [0.29, 0.717) is 25.9 Å². The van der Waals surface area contributed by atoms with E-state index < -0.39 is 117 Å². The van der Waals surface area contributed by atoms with Crippen LogP contribution in [0, 0.1) is 0 Å². The van der Waals surface area contributed by atoms with Crippen molar-refractivity contribution in [2.75, 3.05) is 32.9 Å². The highest BCUT2D eigenvalue weighted by Gasteiger charge is 2.49. The summed E-state index contributed by atoms with van der Waals surface area (Å²) in [7, 11) is 0. The largest absolute Gasteiger partial charge is 0.394 e. The predicted molar refractivity (Wildman–Crippen MR) is 142 cm³/mol. The lowest BCUT2D eigenvalue weighted by atomic mass is 9.91. The first kappa shape index (κ1) is 37.4. The molecule has 44 heavy (non-hydrogen) atoms. The number of likely N-dealkylation sites (tertiary alicyclic amines) is 1. The van der Waals surface area contributed by atoms with E-state index in [1.54, 1.807) is 0 Å². The van der Waals surface area contributed by atoms with E-state index in [0.717, 1.165) is 6.42 Å². The summed E-state index contributed by atoms with van der Waals surface area (Å²) < 4.78 is 21.2. The Balaban J connectivity index is 1.57. The SMILES string of the molecule is CCC(O)(C(=O)[C@H](O)[C@@H](O)[C@H](O)[C@H](O)CO[C@H]1O[C@H](CO[C@H]2O[C@H](CO)[C@@H](O)[C@H](O)[C@H]2O)[C@@H](O)[C@H](O)[C@H]1O)N1CCCCC1. The van der Waals surface area contributed by atoms with Gasteiger partial charge < -0.3 is 80.2 Å². The van der Waals surface area contributed by atoms with Crippen molar-refractivity contribution in [2.45, 2.75) is 124 Å². The fourth-order valence-corrected chi connectivity index (χ4v) is 5.50. The molecule has 1 unspecified atom stereocenters. The molecule has 3 aliphatic heterocycles. The number of aliphatic hydroxyl groups excluding tert-OH is 11. The van der Waals surface area contributed by atoms with Crippen LogP contribution in [0.25, 0.3) is 0 Å². The lowest BCUT2D eigenvalue weighted by molar-refractivity contribution is -0.333. The van der Waals surface area contributed by atoms with Gasteiger partial charge in [0.15, 0.2) is 18.3 Å². The summed E-state index contributed by atoms with van der Waals surface area (Å²) in [5.74, 6) is -1.16. The summed E-state index contributed by atoms with van der Waals surface area (Å²) in [5, 5.41) is 123. The van der Waals surface area contributed by atoms with Crippen LogP contribution < -0.4 is 0 Å². The first-order chi connectivity index (χ1) is 20.7. The van der Waals surface area contributed by atoms with Crippen LogP contribution in [0.5, 0.6) is 0 Å². The van der Waals surface area contributed by atoms with Gasteiger partial charge in [0.1, 0.15) is 73.2 Å². The number of hydrogen-bond acceptors (Lipinski definition) is 18. The van der Waals surface area contributed by atoms with E-state index in [9.17, 15) is 66.1 Å². The van der Waals surface area contributed by atoms with E-state index in [2.05, 4.69) is 0 Å². The number of ether oxygens (including phenoxy) is 4. The summed E-state index contributed by atoms with van der Waals surface area (Å²) in [6.07, 6.45) is -23.3. The van der Waals surface area contributed by atoms with Crippen LogP contribution in [0.4, 0.5) is 0 Å². The molecular formula is C26H47NO17. The maximum Gasteiger partial charge on any atom is 0.210 e. The van der Waals surface area contributed by atoms with Gasteiger partial charge in [-0.3, -0.25) is 9.69 Å². The molecule has 3 rings (SSSR count). The number of ketones is 1. The van der Waals surface area contributed by atoms with Gasteiger partial charge in [-0.15, -0.1) is 0 Å². The molecule has 0 bridgehead atoms. The van der Waals surface area contributed by atoms with Crippen LogP contribution in [0.2, 0.25) is 0 Å². The minimum absolute atomic E-state index is 0.107. The third kappa shape index (κ3) is 8.09. The van der Waals surface area contributed by atoms with Crippen molar-refractivity contribution in [3.63, 3.8) is 0 Å². The summed E-state index contributed by atoms with van der Waals surface area (Å²) in [6.45, 7) is 0.0541. The fraction of sp³-hybridized carbons (Fsp3) is 0.962. The second-order valence-electron chi connectivity index (χ2n) is 11.5. The molecule has 0 radical (unpaired) electrons. The first-order valence-electron chi connectivity index (χ1n) is 14.7. The maximum atomic E-state index is 13.0. The average Bonchev–Trinajstić information content (AvgIpc) is 3.04. The number of aliphatic hydroxyl groups is 12. The Hall–Kier alpha value is -1.01. The number of rotatable bonds is 14. The molecular weight excluding hydrogens is 598 g/mol. The highest BCUT2D eigenvalue weighted by molar-refractivity contribution is 5.91. The van der Waals surface area contributed by atoms with Gasteiger partial charge in [0.25, 0.3) is 0 Å². The van der Waals surface area contributed by atoms with Crippen LogP contribution in [-0.2, 0) is 23.7 Å². The van der Waals surface area contributed by atoms with Gasteiger partial charge in [0, 0.05) is 13.1 Å². The summed E-state index contributed by atoms with van der Waals surface area (Å²) in [4.78, 5) is 14.5. The predicted octanol–water partition coefficient (Wildman–Crippen LogP) is -6.78. The molecule has 15 atom stereocenters. The normalized spacial score (nSPS) is 39.7. The molecule has 3 aliphatic rings. The zero-order valence-corrected chi connectivity index (χ0v) is 24.3. The van der Waals surface area contributed by atoms with Gasteiger partial charge in [0.05, 0.1) is 19.8 Å². The molecule has 258 valence electrons. The Morgan fingerprint density at radius 3 is 1.86 bits per heavy atom. The third-order valence-corrected chi connectivity index (χ3v) is 8.48. The number of nitrogens with zero attached hydrogens (tertiary/aromatic N) is 1. The maximum absolute atomic E-state index is 13.0. The summed E-state index contributed by atoms with van der Waals surface area (Å²) in [5.41, 5.74) is -2.11. The topological polar surface area (TPSA) is 300 Å². The lowest BCUT2D eigenvalue weighted by Gasteiger charge is -2.43. The van der Waals surface area contributed by atoms with Crippen molar-refractivity contribution in [1.82, 2.24) is 4.90 Å². The van der Waals surface area contributed by atoms with E-state index in [1.165, 1.54) is 11.8 Å². The Kier molecular flexibility index (Phi) is 13.8. The minimum atomic E-state index is -2.29. The van der Waals surface area contributed by atoms with Gasteiger partial charge >= 0.3 is 0 Å². The summed E-state index contributed by atoms with van der Waals surface area (Å²) in [6, 6.07) is 0. The number of carbonyl (C=O) groups excluding carboxylic acids is 1. The van der Waals surface area contributed by atoms with E-state index in [4.69, 9.17) is 18.9 Å². The molecule has 0 spiro atoms. The zero-order valence-electron chi connectivity index (χ0n) is 24.3. The van der Waals surface area contributed by atoms with E-state index in [1.807, 2.05) is 0 Å². The van der Waals surface area contributed by atoms with Crippen molar-refractivity contribution in [3.8, 4) is 0 Å². The molecule has 3 fully saturated rings. The smallest absolute Gasteiger partial charge is 0.210 e. The molecule has 18 nitrogen and oxygen atoms in total. The lowest BCUT2D eigenvalue weighted by Crippen LogP contribution is -2.62. The molecule has 3 saturated heterocycles. The van der Waals surface area contributed by atoms with Gasteiger partial charge in [-0.25, -0.2) is 0 Å². The van der Waals surface area contributed by atoms with E-state index >= 15 is 0 Å². The van der Waals surface area contributed by atoms with Gasteiger partial charge in [-0.2, -0.15) is 0 Å². The van der Waals surface area contributed by atoms with Crippen LogP contribution in [0.3, 0.4) is 0 Å². The summed E-state index contributed by atoms with van der Waals surface area (Å²) >= 11 is 0. The van der Waals surface area contributed by atoms with Crippen LogP contribution in [0.15, 0.2) is 0 Å². The van der Waals surface area contributed by atoms with Gasteiger partial charge in [0.2, 0.25) is 5.78 Å². The molecule has 0 aromatic rings. The number of piperidine rings is 1. The number of carbonyl (C=O) groups is 1. The van der Waals surface area contributed by atoms with Gasteiger partial charge in [-0.1, -0.05) is 13.3 Å². The Morgan fingerprint density at radius 2 is 1.32 bits per heavy atom. The van der Waals surface area contributed by atoms with Crippen LogP contribution in [-0.4, -0.2) is 196 Å². The monoisotopic (exact) mass is 645 g/mol. The second-order valence-corrected chi connectivity index (χ2v) is 11.5. The Morgan fingerprint density at radius 1 is 0.795 bits per heavy atom. The quantitative estimate of drug-likeness (QED) is 0.0835. The standard InChI is InChI=1S/C26H47NO17/c1-2-26(40,27-6-4-3-5-7-27)23(39)20(36)17(33)14(30)11(29)9-41-24-22(38)19(35)16(32)13(44-24)10-42-25-21(37)18(34)15(31)12(8-28)43-25/h11-22,24-25,28-38,40H,2-10H2,1H3/t11-,12-,13-,14-,15-,16-,17+,18+,19+,20-,21-,22-,24+,25+,26?/m1/s1. The Bertz CT molecular complexity index is 895. The van der Waals surface area contributed by atoms with Crippen molar-refractivity contribution in [3.05, 3.63) is 0 Å².